The van der Waals surface area contributed by atoms with Crippen molar-refractivity contribution in [3.63, 3.8) is 0 Å². The Bertz CT molecular complexity index is 1200. The summed E-state index contributed by atoms with van der Waals surface area (Å²) in [5.41, 5.74) is 1.98. The number of ether oxygens (including phenoxy) is 1. The van der Waals surface area contributed by atoms with Gasteiger partial charge in [0.1, 0.15) is 5.75 Å². The minimum atomic E-state index is -4.75. The normalized spacial score (nSPS) is 11.8. The second-order valence-corrected chi connectivity index (χ2v) is 7.28. The molecular weight excluding hydrogens is 421 g/mol. The summed E-state index contributed by atoms with van der Waals surface area (Å²) in [6.07, 6.45) is -4.05. The first-order valence-corrected chi connectivity index (χ1v) is 9.84. The molecule has 4 rings (SSSR count). The molecule has 0 bridgehead atoms. The van der Waals surface area contributed by atoms with Crippen LogP contribution in [0.25, 0.3) is 16.7 Å². The number of hydrogen-bond donors (Lipinski definition) is 1. The second-order valence-electron chi connectivity index (χ2n) is 6.22. The molecule has 0 radical (unpaired) electrons. The molecule has 0 atom stereocenters. The molecule has 12 heteroatoms. The number of para-hydroxylation sites is 2. The summed E-state index contributed by atoms with van der Waals surface area (Å²) >= 11 is 1.39. The van der Waals surface area contributed by atoms with E-state index in [0.29, 0.717) is 29.6 Å². The number of aromatic amines is 1. The zero-order valence-electron chi connectivity index (χ0n) is 15.3. The maximum absolute atomic E-state index is 12.3. The van der Waals surface area contributed by atoms with Crippen molar-refractivity contribution in [2.45, 2.75) is 24.5 Å². The van der Waals surface area contributed by atoms with E-state index in [9.17, 15) is 18.0 Å². The Labute approximate surface area is 171 Å². The third kappa shape index (κ3) is 4.48. The van der Waals surface area contributed by atoms with Crippen molar-refractivity contribution in [3.8, 4) is 11.4 Å². The van der Waals surface area contributed by atoms with Gasteiger partial charge in [-0.15, -0.1) is 18.3 Å². The summed E-state index contributed by atoms with van der Waals surface area (Å²) < 4.78 is 43.8. The first-order chi connectivity index (χ1) is 14.4. The fraction of sp³-hybridized carbons (Fsp3) is 0.222. The third-order valence-corrected chi connectivity index (χ3v) is 5.20. The monoisotopic (exact) mass is 436 g/mol. The molecule has 2 aromatic heterocycles. The molecular formula is C18H15F3N6O2S. The topological polar surface area (TPSA) is 90.6 Å². The van der Waals surface area contributed by atoms with E-state index >= 15 is 0 Å². The lowest BCUT2D eigenvalue weighted by molar-refractivity contribution is -0.274. The molecule has 156 valence electrons. The van der Waals surface area contributed by atoms with Crippen molar-refractivity contribution in [1.29, 1.82) is 0 Å². The van der Waals surface area contributed by atoms with Crippen molar-refractivity contribution in [3.05, 3.63) is 59.0 Å². The number of rotatable bonds is 7. The van der Waals surface area contributed by atoms with E-state index in [1.54, 1.807) is 4.57 Å². The highest BCUT2D eigenvalue weighted by Gasteiger charge is 2.31. The van der Waals surface area contributed by atoms with Gasteiger partial charge in [0.05, 0.1) is 16.7 Å². The van der Waals surface area contributed by atoms with Gasteiger partial charge in [0.2, 0.25) is 5.16 Å². The van der Waals surface area contributed by atoms with Gasteiger partial charge in [0, 0.05) is 12.3 Å². The van der Waals surface area contributed by atoms with Gasteiger partial charge < -0.3 is 9.72 Å². The van der Waals surface area contributed by atoms with E-state index in [1.165, 1.54) is 40.7 Å². The minimum absolute atomic E-state index is 0.160. The summed E-state index contributed by atoms with van der Waals surface area (Å²) in [6.45, 7) is 0.529. The predicted octanol–water partition coefficient (Wildman–Crippen LogP) is 3.39. The fourth-order valence-corrected chi connectivity index (χ4v) is 3.75. The predicted molar refractivity (Wildman–Crippen MR) is 104 cm³/mol. The molecule has 0 aliphatic carbocycles. The Morgan fingerprint density at radius 1 is 1.10 bits per heavy atom. The molecule has 2 heterocycles. The molecule has 0 saturated carbocycles. The summed E-state index contributed by atoms with van der Waals surface area (Å²) in [6, 6.07) is 12.7. The van der Waals surface area contributed by atoms with Crippen molar-refractivity contribution in [2.24, 2.45) is 0 Å². The van der Waals surface area contributed by atoms with Crippen LogP contribution >= 0.6 is 11.8 Å². The second kappa shape index (κ2) is 8.22. The van der Waals surface area contributed by atoms with Crippen LogP contribution in [-0.4, -0.2) is 41.9 Å². The first kappa shape index (κ1) is 20.0. The molecule has 1 N–H and O–H groups in total. The SMILES string of the molecule is O=c1[nH]c2ccccc2n1CCCSc1nnnn1-c1ccc(OC(F)(F)F)cc1. The van der Waals surface area contributed by atoms with Crippen LogP contribution in [0.3, 0.4) is 0 Å². The number of aryl methyl sites for hydroxylation is 1. The number of fused-ring (bicyclic) bond motifs is 1. The van der Waals surface area contributed by atoms with Crippen LogP contribution in [0.15, 0.2) is 58.5 Å². The number of hydrogen-bond acceptors (Lipinski definition) is 6. The number of imidazole rings is 1. The Kier molecular flexibility index (Phi) is 5.48. The highest BCUT2D eigenvalue weighted by molar-refractivity contribution is 7.99. The van der Waals surface area contributed by atoms with Crippen molar-refractivity contribution >= 4 is 22.8 Å². The molecule has 0 fully saturated rings. The number of alkyl halides is 3. The van der Waals surface area contributed by atoms with E-state index < -0.39 is 6.36 Å². The van der Waals surface area contributed by atoms with Crippen LogP contribution in [0.1, 0.15) is 6.42 Å². The lowest BCUT2D eigenvalue weighted by atomic mass is 10.3. The van der Waals surface area contributed by atoms with Crippen LogP contribution in [0.4, 0.5) is 13.2 Å². The molecule has 0 amide bonds. The molecule has 0 saturated heterocycles. The van der Waals surface area contributed by atoms with Crippen LogP contribution < -0.4 is 10.4 Å². The average Bonchev–Trinajstić information content (AvgIpc) is 3.28. The van der Waals surface area contributed by atoms with Crippen LogP contribution in [0.5, 0.6) is 5.75 Å². The van der Waals surface area contributed by atoms with Crippen LogP contribution in [-0.2, 0) is 6.54 Å². The van der Waals surface area contributed by atoms with Gasteiger partial charge in [-0.2, -0.15) is 4.68 Å². The minimum Gasteiger partial charge on any atom is -0.406 e. The summed E-state index contributed by atoms with van der Waals surface area (Å²) in [5.74, 6) is 0.319. The molecule has 2 aromatic carbocycles. The Morgan fingerprint density at radius 2 is 1.87 bits per heavy atom. The molecule has 0 aliphatic rings. The number of thioether (sulfide) groups is 1. The summed E-state index contributed by atoms with van der Waals surface area (Å²) in [4.78, 5) is 14.9. The van der Waals surface area contributed by atoms with Gasteiger partial charge in [0.25, 0.3) is 0 Å². The molecule has 8 nitrogen and oxygen atoms in total. The Hall–Kier alpha value is -3.28. The number of benzene rings is 2. The van der Waals surface area contributed by atoms with E-state index in [4.69, 9.17) is 0 Å². The van der Waals surface area contributed by atoms with E-state index in [2.05, 4.69) is 25.2 Å². The highest BCUT2D eigenvalue weighted by Crippen LogP contribution is 2.25. The largest absolute Gasteiger partial charge is 0.573 e. The molecule has 0 aliphatic heterocycles. The van der Waals surface area contributed by atoms with Crippen LogP contribution in [0, 0.1) is 0 Å². The van der Waals surface area contributed by atoms with Gasteiger partial charge in [0.15, 0.2) is 0 Å². The molecule has 0 spiro atoms. The third-order valence-electron chi connectivity index (χ3n) is 4.19. The fourth-order valence-electron chi connectivity index (χ4n) is 2.93. The lowest BCUT2D eigenvalue weighted by Crippen LogP contribution is -2.17. The summed E-state index contributed by atoms with van der Waals surface area (Å²) in [5, 5.41) is 12.0. The summed E-state index contributed by atoms with van der Waals surface area (Å²) in [7, 11) is 0. The van der Waals surface area contributed by atoms with Crippen LogP contribution in [0.2, 0.25) is 0 Å². The number of nitrogens with one attached hydrogen (secondary N) is 1. The maximum Gasteiger partial charge on any atom is 0.573 e. The standard InChI is InChI=1S/C18H15F3N6O2S/c19-18(20,21)29-13-8-6-12(7-9-13)27-17(23-24-25-27)30-11-3-10-26-15-5-2-1-4-14(15)22-16(26)28/h1-2,4-9H,3,10-11H2,(H,22,28). The van der Waals surface area contributed by atoms with E-state index in [0.717, 1.165) is 11.0 Å². The van der Waals surface area contributed by atoms with Crippen molar-refractivity contribution in [2.75, 3.05) is 5.75 Å². The molecule has 4 aromatic rings. The highest BCUT2D eigenvalue weighted by atomic mass is 32.2. The first-order valence-electron chi connectivity index (χ1n) is 8.86. The number of aromatic nitrogens is 6. The van der Waals surface area contributed by atoms with Gasteiger partial charge >= 0.3 is 12.1 Å². The van der Waals surface area contributed by atoms with Gasteiger partial charge in [-0.3, -0.25) is 4.57 Å². The maximum atomic E-state index is 12.3. The number of tetrazole rings is 1. The quantitative estimate of drug-likeness (QED) is 0.353. The zero-order valence-corrected chi connectivity index (χ0v) is 16.2. The molecule has 30 heavy (non-hydrogen) atoms. The lowest BCUT2D eigenvalue weighted by Gasteiger charge is -2.09. The van der Waals surface area contributed by atoms with Gasteiger partial charge in [-0.1, -0.05) is 23.9 Å². The zero-order chi connectivity index (χ0) is 21.1. The Morgan fingerprint density at radius 3 is 2.63 bits per heavy atom. The van der Waals surface area contributed by atoms with Gasteiger partial charge in [-0.05, 0) is 53.2 Å². The van der Waals surface area contributed by atoms with E-state index in [-0.39, 0.29) is 11.4 Å². The van der Waals surface area contributed by atoms with Crippen molar-refractivity contribution in [1.82, 2.24) is 29.8 Å². The Balaban J connectivity index is 1.38. The van der Waals surface area contributed by atoms with Gasteiger partial charge in [-0.25, -0.2) is 4.79 Å². The number of H-pyrrole nitrogens is 1. The smallest absolute Gasteiger partial charge is 0.406 e. The molecule has 0 unspecified atom stereocenters. The number of halogens is 3. The number of nitrogens with zero attached hydrogens (tertiary/aromatic N) is 5. The van der Waals surface area contributed by atoms with Crippen molar-refractivity contribution < 1.29 is 17.9 Å². The van der Waals surface area contributed by atoms with E-state index in [1.807, 2.05) is 24.3 Å². The average molecular weight is 436 g/mol.